The molecule has 0 saturated carbocycles. The molecule has 0 aromatic heterocycles. The van der Waals surface area contributed by atoms with Gasteiger partial charge in [-0.3, -0.25) is 19.2 Å². The molecule has 0 unspecified atom stereocenters. The Balaban J connectivity index is 1.39. The van der Waals surface area contributed by atoms with Gasteiger partial charge in [0.2, 0.25) is 0 Å². The number of amides is 3. The number of imide groups is 1. The molecular weight excluding hydrogens is 612 g/mol. The zero-order valence-corrected chi connectivity index (χ0v) is 24.2. The fourth-order valence-corrected chi connectivity index (χ4v) is 5.54. The number of hydrogen-bond acceptors (Lipinski definition) is 6. The van der Waals surface area contributed by atoms with Gasteiger partial charge in [-0.2, -0.15) is 5.01 Å². The fraction of sp³-hybridized carbons (Fsp3) is 0.194. The maximum absolute atomic E-state index is 13.7. The summed E-state index contributed by atoms with van der Waals surface area (Å²) in [6, 6.07) is 18.7. The van der Waals surface area contributed by atoms with Gasteiger partial charge >= 0.3 is 5.97 Å². The van der Waals surface area contributed by atoms with E-state index in [0.29, 0.717) is 12.0 Å². The molecule has 8 nitrogen and oxygen atoms in total. The van der Waals surface area contributed by atoms with Gasteiger partial charge in [-0.15, -0.1) is 0 Å². The summed E-state index contributed by atoms with van der Waals surface area (Å²) < 4.78 is 6.21. The minimum absolute atomic E-state index is 0.0545. The molecule has 0 spiro atoms. The Morgan fingerprint density at radius 1 is 0.951 bits per heavy atom. The van der Waals surface area contributed by atoms with Crippen LogP contribution in [0.25, 0.3) is 0 Å². The second-order valence-corrected chi connectivity index (χ2v) is 11.2. The molecule has 3 amide bonds. The number of Topliss-reactive ketones (excluding diaryl/α,β-unsaturated/α-hetero) is 1. The zero-order chi connectivity index (χ0) is 29.3. The number of fused-ring (bicyclic) bond motifs is 1. The van der Waals surface area contributed by atoms with Crippen LogP contribution in [0, 0.1) is 17.8 Å². The van der Waals surface area contributed by atoms with E-state index in [1.165, 1.54) is 36.4 Å². The summed E-state index contributed by atoms with van der Waals surface area (Å²) in [6.45, 7) is 1.26. The van der Waals surface area contributed by atoms with Gasteiger partial charge in [0.05, 0.1) is 28.0 Å². The van der Waals surface area contributed by atoms with Crippen LogP contribution in [0.1, 0.15) is 44.4 Å². The number of esters is 1. The zero-order valence-electron chi connectivity index (χ0n) is 21.8. The minimum atomic E-state index is -0.745. The third-order valence-electron chi connectivity index (χ3n) is 7.19. The number of benzene rings is 3. The number of carbonyl (C=O) groups is 5. The van der Waals surface area contributed by atoms with E-state index in [9.17, 15) is 24.0 Å². The number of carbonyl (C=O) groups excluding carboxylic acids is 5. The predicted octanol–water partition coefficient (Wildman–Crippen LogP) is 5.76. The molecule has 41 heavy (non-hydrogen) atoms. The Hall–Kier alpha value is -4.08. The lowest BCUT2D eigenvalue weighted by molar-refractivity contribution is -0.154. The molecule has 0 N–H and O–H groups in total. The second-order valence-electron chi connectivity index (χ2n) is 9.83. The van der Waals surface area contributed by atoms with Gasteiger partial charge in [0.1, 0.15) is 12.3 Å². The van der Waals surface area contributed by atoms with E-state index in [4.69, 9.17) is 16.3 Å². The molecule has 1 aliphatic carbocycles. The highest BCUT2D eigenvalue weighted by atomic mass is 79.9. The Labute approximate surface area is 249 Å². The molecule has 10 heteroatoms. The topological polar surface area (TPSA) is 101 Å². The highest BCUT2D eigenvalue weighted by molar-refractivity contribution is 9.10. The van der Waals surface area contributed by atoms with Crippen molar-refractivity contribution in [2.24, 2.45) is 17.8 Å². The summed E-state index contributed by atoms with van der Waals surface area (Å²) in [5.41, 5.74) is 0.600. The number of rotatable bonds is 7. The van der Waals surface area contributed by atoms with Crippen molar-refractivity contribution in [1.82, 2.24) is 10.0 Å². The first-order valence-corrected chi connectivity index (χ1v) is 14.0. The average molecular weight is 636 g/mol. The molecule has 3 aromatic rings. The Morgan fingerprint density at radius 3 is 2.27 bits per heavy atom. The van der Waals surface area contributed by atoms with Crippen LogP contribution in [-0.2, 0) is 9.59 Å². The molecular formula is C31H24BrClN2O6. The third kappa shape index (κ3) is 5.73. The van der Waals surface area contributed by atoms with Crippen LogP contribution in [-0.4, -0.2) is 46.0 Å². The van der Waals surface area contributed by atoms with E-state index in [0.717, 1.165) is 14.5 Å². The first kappa shape index (κ1) is 28.4. The molecule has 0 radical (unpaired) electrons. The summed E-state index contributed by atoms with van der Waals surface area (Å²) in [6.07, 6.45) is 4.11. The Morgan fingerprint density at radius 2 is 1.61 bits per heavy atom. The first-order chi connectivity index (χ1) is 19.7. The lowest BCUT2D eigenvalue weighted by Crippen LogP contribution is -2.52. The fourth-order valence-electron chi connectivity index (χ4n) is 5.06. The highest BCUT2D eigenvalue weighted by Crippen LogP contribution is 2.39. The third-order valence-corrected chi connectivity index (χ3v) is 8.05. The number of halogens is 2. The number of ketones is 1. The molecule has 3 atom stereocenters. The predicted molar refractivity (Wildman–Crippen MR) is 154 cm³/mol. The van der Waals surface area contributed by atoms with Crippen LogP contribution in [0.5, 0.6) is 5.75 Å². The van der Waals surface area contributed by atoms with Gasteiger partial charge < -0.3 is 4.74 Å². The van der Waals surface area contributed by atoms with Crippen LogP contribution < -0.4 is 4.74 Å². The Kier molecular flexibility index (Phi) is 8.19. The minimum Gasteiger partial charge on any atom is -0.423 e. The van der Waals surface area contributed by atoms with Crippen LogP contribution >= 0.6 is 27.5 Å². The van der Waals surface area contributed by atoms with Crippen molar-refractivity contribution in [2.75, 3.05) is 6.54 Å². The molecule has 0 bridgehead atoms. The molecule has 2 aliphatic rings. The number of hydrogen-bond donors (Lipinski definition) is 0. The van der Waals surface area contributed by atoms with Crippen molar-refractivity contribution in [3.63, 3.8) is 0 Å². The largest absolute Gasteiger partial charge is 0.423 e. The second kappa shape index (κ2) is 11.8. The summed E-state index contributed by atoms with van der Waals surface area (Å²) in [7, 11) is 0. The molecule has 5 rings (SSSR count). The Bertz CT molecular complexity index is 1570. The van der Waals surface area contributed by atoms with Crippen molar-refractivity contribution in [1.29, 1.82) is 0 Å². The van der Waals surface area contributed by atoms with E-state index < -0.39 is 47.9 Å². The monoisotopic (exact) mass is 634 g/mol. The molecule has 1 saturated heterocycles. The van der Waals surface area contributed by atoms with Crippen molar-refractivity contribution in [3.05, 3.63) is 111 Å². The molecule has 1 fully saturated rings. The van der Waals surface area contributed by atoms with Crippen molar-refractivity contribution >= 4 is 57.0 Å². The van der Waals surface area contributed by atoms with E-state index in [1.807, 2.05) is 19.1 Å². The molecule has 1 aliphatic heterocycles. The van der Waals surface area contributed by atoms with Crippen LogP contribution in [0.4, 0.5) is 0 Å². The smallest absolute Gasteiger partial charge is 0.343 e. The lowest BCUT2D eigenvalue weighted by Gasteiger charge is -2.30. The van der Waals surface area contributed by atoms with Crippen molar-refractivity contribution < 1.29 is 28.7 Å². The van der Waals surface area contributed by atoms with Gasteiger partial charge in [0.25, 0.3) is 17.7 Å². The van der Waals surface area contributed by atoms with Gasteiger partial charge in [0.15, 0.2) is 5.78 Å². The van der Waals surface area contributed by atoms with E-state index in [1.54, 1.807) is 36.4 Å². The summed E-state index contributed by atoms with van der Waals surface area (Å²) in [5, 5.41) is 1.83. The van der Waals surface area contributed by atoms with E-state index in [-0.39, 0.29) is 27.8 Å². The normalized spacial score (nSPS) is 19.6. The maximum atomic E-state index is 13.7. The summed E-state index contributed by atoms with van der Waals surface area (Å²) in [5.74, 6) is -4.11. The highest BCUT2D eigenvalue weighted by Gasteiger charge is 2.53. The van der Waals surface area contributed by atoms with E-state index in [2.05, 4.69) is 15.9 Å². The van der Waals surface area contributed by atoms with Crippen LogP contribution in [0.2, 0.25) is 5.02 Å². The van der Waals surface area contributed by atoms with Crippen molar-refractivity contribution in [2.45, 2.75) is 13.3 Å². The van der Waals surface area contributed by atoms with Crippen molar-refractivity contribution in [3.8, 4) is 5.75 Å². The van der Waals surface area contributed by atoms with Gasteiger partial charge in [0, 0.05) is 10.0 Å². The summed E-state index contributed by atoms with van der Waals surface area (Å²) in [4.78, 5) is 66.5. The van der Waals surface area contributed by atoms with Gasteiger partial charge in [-0.05, 0) is 73.0 Å². The quantitative estimate of drug-likeness (QED) is 0.108. The average Bonchev–Trinajstić information content (AvgIpc) is 3.22. The van der Waals surface area contributed by atoms with E-state index >= 15 is 0 Å². The number of hydrazine groups is 1. The number of allylic oxidation sites excluding steroid dienone is 2. The molecule has 3 aromatic carbocycles. The standard InChI is InChI=1S/C31H24BrClN2O6/c1-18-5-4-7-24-27(18)30(39)35(29(24)38)34(28(37)23-6-2-3-8-25(23)33)17-26(36)19-11-15-22(16-12-19)41-31(40)20-9-13-21(32)14-10-20/h2-6,8-16,18,24,27H,7,17H2,1H3/t18-,24-,27-/m1/s1. The van der Waals surface area contributed by atoms with Gasteiger partial charge in [-0.1, -0.05) is 58.7 Å². The van der Waals surface area contributed by atoms with Gasteiger partial charge in [-0.25, -0.2) is 9.80 Å². The SMILES string of the molecule is C[C@@H]1C=CC[C@H]2C(=O)N(N(CC(=O)c3ccc(OC(=O)c4ccc(Br)cc4)cc3)C(=O)c3ccccc3Cl)C(=O)[C@H]12. The molecule has 208 valence electrons. The summed E-state index contributed by atoms with van der Waals surface area (Å²) >= 11 is 9.59. The van der Waals surface area contributed by atoms with Crippen LogP contribution in [0.3, 0.4) is 0 Å². The lowest BCUT2D eigenvalue weighted by atomic mass is 9.78. The molecule has 1 heterocycles. The maximum Gasteiger partial charge on any atom is 0.343 e. The van der Waals surface area contributed by atoms with Crippen LogP contribution in [0.15, 0.2) is 89.4 Å². The number of nitrogens with zero attached hydrogens (tertiary/aromatic N) is 2. The number of ether oxygens (including phenoxy) is 1. The first-order valence-electron chi connectivity index (χ1n) is 12.9.